The van der Waals surface area contributed by atoms with E-state index in [1.54, 1.807) is 12.3 Å². The number of benzene rings is 2. The summed E-state index contributed by atoms with van der Waals surface area (Å²) in [5.41, 5.74) is 7.34. The molecule has 1 aliphatic heterocycles. The van der Waals surface area contributed by atoms with Crippen LogP contribution in [0.25, 0.3) is 22.3 Å². The van der Waals surface area contributed by atoms with Gasteiger partial charge in [-0.15, -0.1) is 0 Å². The highest BCUT2D eigenvalue weighted by molar-refractivity contribution is 5.97. The van der Waals surface area contributed by atoms with Gasteiger partial charge < -0.3 is 19.9 Å². The van der Waals surface area contributed by atoms with Crippen LogP contribution in [0.5, 0.6) is 0 Å². The zero-order valence-corrected chi connectivity index (χ0v) is 20.4. The zero-order chi connectivity index (χ0) is 24.4. The number of nitrogens with one attached hydrogen (secondary N) is 1. The van der Waals surface area contributed by atoms with E-state index in [1.165, 1.54) is 23.4 Å². The molecule has 0 aliphatic carbocycles. The quantitative estimate of drug-likeness (QED) is 0.407. The lowest BCUT2D eigenvalue weighted by molar-refractivity contribution is 0.122. The van der Waals surface area contributed by atoms with Crippen molar-refractivity contribution in [2.45, 2.75) is 13.5 Å². The molecule has 4 aromatic rings. The summed E-state index contributed by atoms with van der Waals surface area (Å²) in [6.07, 6.45) is 1.75. The van der Waals surface area contributed by atoms with Crippen LogP contribution in [0.4, 0.5) is 21.5 Å². The van der Waals surface area contributed by atoms with Crippen LogP contribution in [0.3, 0.4) is 0 Å². The van der Waals surface area contributed by atoms with Gasteiger partial charge in [0.2, 0.25) is 0 Å². The molecule has 1 saturated heterocycles. The van der Waals surface area contributed by atoms with Crippen LogP contribution in [-0.2, 0) is 11.3 Å². The fourth-order valence-electron chi connectivity index (χ4n) is 4.60. The van der Waals surface area contributed by atoms with Crippen molar-refractivity contribution in [3.63, 3.8) is 0 Å². The minimum Gasteiger partial charge on any atom is -0.378 e. The minimum atomic E-state index is -0.311. The van der Waals surface area contributed by atoms with Crippen LogP contribution >= 0.6 is 0 Å². The van der Waals surface area contributed by atoms with Gasteiger partial charge in [-0.3, -0.25) is 4.98 Å². The molecule has 2 aromatic carbocycles. The fourth-order valence-corrected chi connectivity index (χ4v) is 4.60. The van der Waals surface area contributed by atoms with Crippen molar-refractivity contribution in [1.82, 2.24) is 14.9 Å². The van der Waals surface area contributed by atoms with E-state index in [0.717, 1.165) is 66.6 Å². The largest absolute Gasteiger partial charge is 0.378 e. The SMILES string of the molecule is Cc1c(-c2ccccn2)nc2cc(F)ccc2c1Nc1cc(CN(C)C)cc(N2CCOCC2)c1. The molecular formula is C28H30FN5O. The lowest BCUT2D eigenvalue weighted by atomic mass is 10.0. The average molecular weight is 472 g/mol. The van der Waals surface area contributed by atoms with Crippen molar-refractivity contribution >= 4 is 28.0 Å². The van der Waals surface area contributed by atoms with E-state index < -0.39 is 0 Å². The van der Waals surface area contributed by atoms with Crippen molar-refractivity contribution in [2.75, 3.05) is 50.6 Å². The lowest BCUT2D eigenvalue weighted by Crippen LogP contribution is -2.36. The number of rotatable bonds is 6. The highest BCUT2D eigenvalue weighted by Gasteiger charge is 2.17. The molecule has 0 amide bonds. The van der Waals surface area contributed by atoms with E-state index in [1.807, 2.05) is 25.1 Å². The van der Waals surface area contributed by atoms with Crippen LogP contribution in [0, 0.1) is 12.7 Å². The third-order valence-electron chi connectivity index (χ3n) is 6.22. The Labute approximate surface area is 205 Å². The van der Waals surface area contributed by atoms with Gasteiger partial charge in [-0.2, -0.15) is 0 Å². The van der Waals surface area contributed by atoms with Gasteiger partial charge >= 0.3 is 0 Å². The molecule has 1 N–H and O–H groups in total. The predicted molar refractivity (Wildman–Crippen MR) is 140 cm³/mol. The maximum atomic E-state index is 14.2. The Balaban J connectivity index is 1.63. The first-order valence-electron chi connectivity index (χ1n) is 11.9. The first-order chi connectivity index (χ1) is 17.0. The van der Waals surface area contributed by atoms with Crippen molar-refractivity contribution in [2.24, 2.45) is 0 Å². The lowest BCUT2D eigenvalue weighted by Gasteiger charge is -2.30. The van der Waals surface area contributed by atoms with Crippen LogP contribution in [0.15, 0.2) is 60.8 Å². The van der Waals surface area contributed by atoms with Crippen LogP contribution in [0.2, 0.25) is 0 Å². The molecule has 0 bridgehead atoms. The summed E-state index contributed by atoms with van der Waals surface area (Å²) in [5.74, 6) is -0.311. The summed E-state index contributed by atoms with van der Waals surface area (Å²) in [6, 6.07) is 17.1. The maximum absolute atomic E-state index is 14.2. The van der Waals surface area contributed by atoms with Gasteiger partial charge in [0.15, 0.2) is 0 Å². The fraction of sp³-hybridized carbons (Fsp3) is 0.286. The van der Waals surface area contributed by atoms with Crippen LogP contribution in [0.1, 0.15) is 11.1 Å². The second-order valence-corrected chi connectivity index (χ2v) is 9.19. The Morgan fingerprint density at radius 3 is 2.63 bits per heavy atom. The molecule has 0 saturated carbocycles. The Hall–Kier alpha value is -3.55. The molecule has 3 heterocycles. The monoisotopic (exact) mass is 471 g/mol. The number of hydrogen-bond acceptors (Lipinski definition) is 6. The van der Waals surface area contributed by atoms with Gasteiger partial charge in [-0.05, 0) is 69.0 Å². The summed E-state index contributed by atoms with van der Waals surface area (Å²) in [4.78, 5) is 13.8. The molecule has 6 nitrogen and oxygen atoms in total. The van der Waals surface area contributed by atoms with Crippen molar-refractivity contribution < 1.29 is 9.13 Å². The van der Waals surface area contributed by atoms with Crippen molar-refractivity contribution in [1.29, 1.82) is 0 Å². The Bertz CT molecular complexity index is 1340. The summed E-state index contributed by atoms with van der Waals surface area (Å²) in [7, 11) is 4.14. The van der Waals surface area contributed by atoms with E-state index in [2.05, 4.69) is 52.4 Å². The Morgan fingerprint density at radius 2 is 1.89 bits per heavy atom. The van der Waals surface area contributed by atoms with E-state index in [9.17, 15) is 4.39 Å². The topological polar surface area (TPSA) is 53.5 Å². The first kappa shape index (κ1) is 23.2. The highest BCUT2D eigenvalue weighted by atomic mass is 19.1. The van der Waals surface area contributed by atoms with Crippen molar-refractivity contribution in [3.8, 4) is 11.4 Å². The zero-order valence-electron chi connectivity index (χ0n) is 20.4. The van der Waals surface area contributed by atoms with E-state index in [-0.39, 0.29) is 5.82 Å². The maximum Gasteiger partial charge on any atom is 0.125 e. The predicted octanol–water partition coefficient (Wildman–Crippen LogP) is 5.39. The molecule has 35 heavy (non-hydrogen) atoms. The second kappa shape index (κ2) is 9.98. The summed E-state index contributed by atoms with van der Waals surface area (Å²) in [6.45, 7) is 6.06. The number of morpholine rings is 1. The van der Waals surface area contributed by atoms with E-state index in [0.29, 0.717) is 5.52 Å². The molecule has 7 heteroatoms. The van der Waals surface area contributed by atoms with Gasteiger partial charge in [0, 0.05) is 54.2 Å². The molecule has 2 aromatic heterocycles. The molecule has 0 atom stereocenters. The molecule has 0 radical (unpaired) electrons. The summed E-state index contributed by atoms with van der Waals surface area (Å²) < 4.78 is 19.7. The Morgan fingerprint density at radius 1 is 1.06 bits per heavy atom. The van der Waals surface area contributed by atoms with E-state index >= 15 is 0 Å². The number of aromatic nitrogens is 2. The number of ether oxygens (including phenoxy) is 1. The minimum absolute atomic E-state index is 0.311. The molecule has 5 rings (SSSR count). The number of nitrogens with zero attached hydrogens (tertiary/aromatic N) is 4. The molecule has 1 fully saturated rings. The van der Waals surface area contributed by atoms with Gasteiger partial charge in [0.1, 0.15) is 5.82 Å². The number of anilines is 3. The number of pyridine rings is 2. The van der Waals surface area contributed by atoms with Gasteiger partial charge in [-0.1, -0.05) is 6.07 Å². The summed E-state index contributed by atoms with van der Waals surface area (Å²) in [5, 5.41) is 4.54. The molecular weight excluding hydrogens is 441 g/mol. The number of hydrogen-bond donors (Lipinski definition) is 1. The van der Waals surface area contributed by atoms with Crippen LogP contribution in [-0.4, -0.2) is 55.3 Å². The number of fused-ring (bicyclic) bond motifs is 1. The van der Waals surface area contributed by atoms with E-state index in [4.69, 9.17) is 9.72 Å². The standard InChI is InChI=1S/C28H30FN5O/c1-19-27(24-8-7-21(29)16-26(24)32-28(19)25-6-4-5-9-30-25)31-22-14-20(18-33(2)3)15-23(17-22)34-10-12-35-13-11-34/h4-9,14-17H,10-13,18H2,1-3H3,(H,31,32). The smallest absolute Gasteiger partial charge is 0.125 e. The first-order valence-corrected chi connectivity index (χ1v) is 11.9. The Kier molecular flexibility index (Phi) is 6.61. The van der Waals surface area contributed by atoms with Crippen molar-refractivity contribution in [3.05, 3.63) is 77.7 Å². The average Bonchev–Trinajstić information content (AvgIpc) is 2.86. The number of halogens is 1. The molecule has 0 spiro atoms. The van der Waals surface area contributed by atoms with Gasteiger partial charge in [0.25, 0.3) is 0 Å². The molecule has 1 aliphatic rings. The normalized spacial score (nSPS) is 14.0. The van der Waals surface area contributed by atoms with Gasteiger partial charge in [-0.25, -0.2) is 9.37 Å². The third-order valence-corrected chi connectivity index (χ3v) is 6.22. The van der Waals surface area contributed by atoms with Crippen LogP contribution < -0.4 is 10.2 Å². The molecule has 0 unspecified atom stereocenters. The second-order valence-electron chi connectivity index (χ2n) is 9.19. The van der Waals surface area contributed by atoms with Gasteiger partial charge in [0.05, 0.1) is 35.8 Å². The highest BCUT2D eigenvalue weighted by Crippen LogP contribution is 2.36. The third kappa shape index (κ3) is 5.11. The summed E-state index contributed by atoms with van der Waals surface area (Å²) >= 11 is 0. The molecule has 180 valence electrons.